The number of aryl methyl sites for hydroxylation is 1. The van der Waals surface area contributed by atoms with Gasteiger partial charge in [0.1, 0.15) is 18.3 Å². The van der Waals surface area contributed by atoms with E-state index >= 15 is 0 Å². The van der Waals surface area contributed by atoms with E-state index < -0.39 is 0 Å². The van der Waals surface area contributed by atoms with E-state index in [-0.39, 0.29) is 7.43 Å². The maximum atomic E-state index is 4.29. The molecule has 0 bridgehead atoms. The van der Waals surface area contributed by atoms with E-state index in [0.29, 0.717) is 0 Å². The van der Waals surface area contributed by atoms with Crippen LogP contribution in [0.5, 0.6) is 0 Å². The molecule has 0 unspecified atom stereocenters. The number of hydrogen-bond acceptors (Lipinski definition) is 8. The quantitative estimate of drug-likeness (QED) is 0.386. The Kier molecular flexibility index (Phi) is 6.83. The lowest BCUT2D eigenvalue weighted by Gasteiger charge is -2.07. The largest absolute Gasteiger partial charge is 0.338 e. The molecule has 0 fully saturated rings. The maximum Gasteiger partial charge on any atom is 0.165 e. The Morgan fingerprint density at radius 3 is 2.06 bits per heavy atom. The SMILES string of the molecule is C.C1=Nc2c(ncnc2Nc2ccccc2)C1.Cn1cnc2c(Nc3ccccc3)ncnc21. The van der Waals surface area contributed by atoms with Crippen molar-refractivity contribution in [2.24, 2.45) is 12.0 Å². The van der Waals surface area contributed by atoms with Crippen molar-refractivity contribution in [1.82, 2.24) is 29.5 Å². The van der Waals surface area contributed by atoms with E-state index in [0.717, 1.165) is 52.0 Å². The molecule has 0 radical (unpaired) electrons. The third kappa shape index (κ3) is 4.88. The average molecular weight is 452 g/mol. The summed E-state index contributed by atoms with van der Waals surface area (Å²) in [5.74, 6) is 1.49. The first kappa shape index (κ1) is 22.5. The summed E-state index contributed by atoms with van der Waals surface area (Å²) in [6, 6.07) is 19.8. The number of rotatable bonds is 4. The van der Waals surface area contributed by atoms with Gasteiger partial charge in [0, 0.05) is 31.1 Å². The molecule has 6 rings (SSSR count). The fourth-order valence-electron chi connectivity index (χ4n) is 3.37. The van der Waals surface area contributed by atoms with Crippen molar-refractivity contribution < 1.29 is 0 Å². The number of imidazole rings is 1. The monoisotopic (exact) mass is 451 g/mol. The second-order valence-electron chi connectivity index (χ2n) is 7.27. The van der Waals surface area contributed by atoms with Gasteiger partial charge in [0.25, 0.3) is 0 Å². The highest BCUT2D eigenvalue weighted by Gasteiger charge is 2.13. The lowest BCUT2D eigenvalue weighted by atomic mass is 10.3. The van der Waals surface area contributed by atoms with Crippen LogP contribution in [0.4, 0.5) is 28.7 Å². The van der Waals surface area contributed by atoms with Gasteiger partial charge in [-0.2, -0.15) is 0 Å². The summed E-state index contributed by atoms with van der Waals surface area (Å²) in [5.41, 5.74) is 5.42. The molecule has 5 aromatic rings. The summed E-state index contributed by atoms with van der Waals surface area (Å²) >= 11 is 0. The zero-order chi connectivity index (χ0) is 22.5. The molecular formula is C25H25N9. The van der Waals surface area contributed by atoms with Gasteiger partial charge in [0.15, 0.2) is 22.8 Å². The van der Waals surface area contributed by atoms with Crippen LogP contribution in [0.25, 0.3) is 11.2 Å². The molecule has 0 saturated heterocycles. The van der Waals surface area contributed by atoms with Crippen molar-refractivity contribution in [2.45, 2.75) is 13.8 Å². The summed E-state index contributed by atoms with van der Waals surface area (Å²) in [6.07, 6.45) is 7.49. The number of fused-ring (bicyclic) bond motifs is 2. The van der Waals surface area contributed by atoms with Gasteiger partial charge in [-0.3, -0.25) is 4.99 Å². The fraction of sp³-hybridized carbons (Fsp3) is 0.120. The van der Waals surface area contributed by atoms with Gasteiger partial charge in [-0.15, -0.1) is 0 Å². The first-order chi connectivity index (χ1) is 16.3. The van der Waals surface area contributed by atoms with Crippen molar-refractivity contribution in [3.63, 3.8) is 0 Å². The van der Waals surface area contributed by atoms with E-state index in [1.807, 2.05) is 78.5 Å². The van der Waals surface area contributed by atoms with Crippen LogP contribution < -0.4 is 10.6 Å². The van der Waals surface area contributed by atoms with Crippen molar-refractivity contribution in [3.8, 4) is 0 Å². The molecule has 170 valence electrons. The van der Waals surface area contributed by atoms with Gasteiger partial charge < -0.3 is 15.2 Å². The Morgan fingerprint density at radius 1 is 0.735 bits per heavy atom. The molecule has 2 aromatic carbocycles. The molecular weight excluding hydrogens is 426 g/mol. The normalized spacial score (nSPS) is 11.2. The lowest BCUT2D eigenvalue weighted by Crippen LogP contribution is -1.96. The van der Waals surface area contributed by atoms with Gasteiger partial charge in [-0.05, 0) is 24.3 Å². The topological polar surface area (TPSA) is 106 Å². The van der Waals surface area contributed by atoms with Crippen molar-refractivity contribution in [1.29, 1.82) is 0 Å². The first-order valence-electron chi connectivity index (χ1n) is 10.4. The molecule has 9 nitrogen and oxygen atoms in total. The molecule has 0 amide bonds. The van der Waals surface area contributed by atoms with E-state index in [4.69, 9.17) is 0 Å². The smallest absolute Gasteiger partial charge is 0.165 e. The van der Waals surface area contributed by atoms with Gasteiger partial charge in [-0.25, -0.2) is 24.9 Å². The minimum atomic E-state index is 0. The maximum absolute atomic E-state index is 4.29. The Hall–Kier alpha value is -4.66. The number of hydrogen-bond donors (Lipinski definition) is 2. The number of para-hydroxylation sites is 2. The van der Waals surface area contributed by atoms with Gasteiger partial charge in [0.05, 0.1) is 12.0 Å². The molecule has 9 heteroatoms. The van der Waals surface area contributed by atoms with Crippen LogP contribution in [-0.2, 0) is 13.5 Å². The second kappa shape index (κ2) is 10.3. The standard InChI is InChI=1S/C12H11N5.C12H10N4.CH4/c1-17-8-15-10-11(13-7-14-12(10)17)16-9-5-3-2-4-6-9;1-2-4-9(5-3-1)16-12-11-10(6-7-13-11)14-8-15-12;/h2-8H,1H3,(H,13,14,16);1-5,7-8H,6H2,(H,14,15,16);1H4. The number of aromatic nitrogens is 6. The van der Waals surface area contributed by atoms with Crippen LogP contribution in [-0.4, -0.2) is 35.7 Å². The molecule has 4 heterocycles. The van der Waals surface area contributed by atoms with Crippen LogP contribution in [0.2, 0.25) is 0 Å². The summed E-state index contributed by atoms with van der Waals surface area (Å²) in [6.45, 7) is 0. The molecule has 0 aliphatic carbocycles. The number of nitrogens with zero attached hydrogens (tertiary/aromatic N) is 7. The third-order valence-electron chi connectivity index (χ3n) is 4.97. The summed E-state index contributed by atoms with van der Waals surface area (Å²) in [4.78, 5) is 25.4. The molecule has 34 heavy (non-hydrogen) atoms. The van der Waals surface area contributed by atoms with Crippen LogP contribution >= 0.6 is 0 Å². The predicted molar refractivity (Wildman–Crippen MR) is 136 cm³/mol. The Labute approximate surface area is 197 Å². The van der Waals surface area contributed by atoms with Gasteiger partial charge in [0.2, 0.25) is 0 Å². The Bertz CT molecular complexity index is 1400. The van der Waals surface area contributed by atoms with Crippen LogP contribution in [0, 0.1) is 0 Å². The van der Waals surface area contributed by atoms with Crippen LogP contribution in [0.3, 0.4) is 0 Å². The third-order valence-corrected chi connectivity index (χ3v) is 4.97. The van der Waals surface area contributed by atoms with Crippen molar-refractivity contribution >= 4 is 46.1 Å². The first-order valence-corrected chi connectivity index (χ1v) is 10.4. The number of nitrogens with one attached hydrogen (secondary N) is 2. The second-order valence-corrected chi connectivity index (χ2v) is 7.27. The van der Waals surface area contributed by atoms with Crippen molar-refractivity contribution in [3.05, 3.63) is 85.3 Å². The Morgan fingerprint density at radius 2 is 1.35 bits per heavy atom. The lowest BCUT2D eigenvalue weighted by molar-refractivity contribution is 0.928. The highest BCUT2D eigenvalue weighted by molar-refractivity contribution is 5.85. The molecule has 2 N–H and O–H groups in total. The van der Waals surface area contributed by atoms with Gasteiger partial charge >= 0.3 is 0 Å². The summed E-state index contributed by atoms with van der Waals surface area (Å²) in [5, 5.41) is 6.47. The van der Waals surface area contributed by atoms with Crippen LogP contribution in [0.1, 0.15) is 13.1 Å². The highest BCUT2D eigenvalue weighted by Crippen LogP contribution is 2.30. The zero-order valence-corrected chi connectivity index (χ0v) is 17.9. The fourth-order valence-corrected chi connectivity index (χ4v) is 3.37. The van der Waals surface area contributed by atoms with E-state index in [2.05, 4.69) is 40.5 Å². The molecule has 1 aliphatic heterocycles. The number of aliphatic imine (C=N–C) groups is 1. The zero-order valence-electron chi connectivity index (χ0n) is 17.9. The van der Waals surface area contributed by atoms with E-state index in [1.165, 1.54) is 6.33 Å². The Balaban J connectivity index is 0.000000157. The predicted octanol–water partition coefficient (Wildman–Crippen LogP) is 5.22. The minimum Gasteiger partial charge on any atom is -0.338 e. The molecule has 0 saturated carbocycles. The van der Waals surface area contributed by atoms with E-state index in [9.17, 15) is 0 Å². The van der Waals surface area contributed by atoms with E-state index in [1.54, 1.807) is 12.7 Å². The molecule has 0 atom stereocenters. The van der Waals surface area contributed by atoms with Crippen LogP contribution in [0.15, 0.2) is 84.6 Å². The van der Waals surface area contributed by atoms with Crippen molar-refractivity contribution in [2.75, 3.05) is 10.6 Å². The molecule has 0 spiro atoms. The summed E-state index contributed by atoms with van der Waals surface area (Å²) in [7, 11) is 1.91. The van der Waals surface area contributed by atoms with Gasteiger partial charge in [-0.1, -0.05) is 43.8 Å². The highest BCUT2D eigenvalue weighted by atomic mass is 15.1. The average Bonchev–Trinajstić information content (AvgIpc) is 3.49. The molecule has 3 aromatic heterocycles. The molecule has 1 aliphatic rings. The summed E-state index contributed by atoms with van der Waals surface area (Å²) < 4.78 is 1.87. The minimum absolute atomic E-state index is 0. The number of benzene rings is 2. The number of anilines is 4.